The zero-order chi connectivity index (χ0) is 15.1. The SMILES string of the molecule is COc1ccccc1NC(=O)CNCc1ccc(F)cc1. The van der Waals surface area contributed by atoms with Crippen LogP contribution < -0.4 is 15.4 Å². The Morgan fingerprint density at radius 2 is 1.86 bits per heavy atom. The molecule has 0 atom stereocenters. The Morgan fingerprint density at radius 1 is 1.14 bits per heavy atom. The first-order chi connectivity index (χ1) is 10.2. The topological polar surface area (TPSA) is 50.4 Å². The standard InChI is InChI=1S/C16H17FN2O2/c1-21-15-5-3-2-4-14(15)19-16(20)11-18-10-12-6-8-13(17)9-7-12/h2-9,18H,10-11H2,1H3,(H,19,20). The average Bonchev–Trinajstić information content (AvgIpc) is 2.50. The molecular formula is C16H17FN2O2. The van der Waals surface area contributed by atoms with Crippen molar-refractivity contribution in [2.24, 2.45) is 0 Å². The molecule has 1 amide bonds. The Balaban J connectivity index is 1.81. The molecule has 0 heterocycles. The number of benzene rings is 2. The first kappa shape index (κ1) is 15.0. The number of amides is 1. The van der Waals surface area contributed by atoms with Gasteiger partial charge in [-0.3, -0.25) is 4.79 Å². The number of nitrogens with one attached hydrogen (secondary N) is 2. The number of anilines is 1. The van der Waals surface area contributed by atoms with Gasteiger partial charge >= 0.3 is 0 Å². The lowest BCUT2D eigenvalue weighted by Gasteiger charge is -2.10. The summed E-state index contributed by atoms with van der Waals surface area (Å²) >= 11 is 0. The molecule has 0 spiro atoms. The maximum atomic E-state index is 12.8. The number of carbonyl (C=O) groups is 1. The number of hydrogen-bond acceptors (Lipinski definition) is 3. The summed E-state index contributed by atoms with van der Waals surface area (Å²) in [4.78, 5) is 11.8. The van der Waals surface area contributed by atoms with E-state index in [4.69, 9.17) is 4.74 Å². The van der Waals surface area contributed by atoms with Crippen LogP contribution >= 0.6 is 0 Å². The maximum absolute atomic E-state index is 12.8. The van der Waals surface area contributed by atoms with Gasteiger partial charge in [-0.15, -0.1) is 0 Å². The molecule has 4 nitrogen and oxygen atoms in total. The number of carbonyl (C=O) groups excluding carboxylic acids is 1. The predicted octanol–water partition coefficient (Wildman–Crippen LogP) is 2.56. The second-order valence-corrected chi connectivity index (χ2v) is 4.48. The van der Waals surface area contributed by atoms with Crippen molar-refractivity contribution in [3.63, 3.8) is 0 Å². The van der Waals surface area contributed by atoms with E-state index in [0.717, 1.165) is 5.56 Å². The minimum atomic E-state index is -0.271. The molecule has 0 bridgehead atoms. The molecule has 0 aromatic heterocycles. The highest BCUT2D eigenvalue weighted by molar-refractivity contribution is 5.93. The van der Waals surface area contributed by atoms with Crippen LogP contribution in [0.15, 0.2) is 48.5 Å². The first-order valence-corrected chi connectivity index (χ1v) is 6.57. The van der Waals surface area contributed by atoms with Crippen LogP contribution in [0.4, 0.5) is 10.1 Å². The van der Waals surface area contributed by atoms with Gasteiger partial charge in [0.25, 0.3) is 0 Å². The van der Waals surface area contributed by atoms with Crippen LogP contribution in [-0.4, -0.2) is 19.6 Å². The molecule has 0 unspecified atom stereocenters. The van der Waals surface area contributed by atoms with Crippen molar-refractivity contribution < 1.29 is 13.9 Å². The third kappa shape index (κ3) is 4.57. The third-order valence-corrected chi connectivity index (χ3v) is 2.91. The Kier molecular flexibility index (Phi) is 5.29. The summed E-state index contributed by atoms with van der Waals surface area (Å²) in [5.41, 5.74) is 1.55. The van der Waals surface area contributed by atoms with Crippen molar-refractivity contribution in [2.45, 2.75) is 6.54 Å². The van der Waals surface area contributed by atoms with Gasteiger partial charge in [-0.05, 0) is 29.8 Å². The summed E-state index contributed by atoms with van der Waals surface area (Å²) in [6.07, 6.45) is 0. The quantitative estimate of drug-likeness (QED) is 0.859. The second kappa shape index (κ2) is 7.40. The molecule has 21 heavy (non-hydrogen) atoms. The van der Waals surface area contributed by atoms with Crippen molar-refractivity contribution >= 4 is 11.6 Å². The Hall–Kier alpha value is -2.40. The number of hydrogen-bond donors (Lipinski definition) is 2. The number of rotatable bonds is 6. The number of para-hydroxylation sites is 2. The number of methoxy groups -OCH3 is 1. The molecule has 5 heteroatoms. The summed E-state index contributed by atoms with van der Waals surface area (Å²) in [6, 6.07) is 13.4. The molecule has 0 aliphatic heterocycles. The molecule has 0 saturated heterocycles. The van der Waals surface area contributed by atoms with Crippen LogP contribution in [0.1, 0.15) is 5.56 Å². The van der Waals surface area contributed by atoms with Crippen molar-refractivity contribution in [2.75, 3.05) is 19.0 Å². The van der Waals surface area contributed by atoms with Crippen LogP contribution in [0.3, 0.4) is 0 Å². The largest absolute Gasteiger partial charge is 0.495 e. The second-order valence-electron chi connectivity index (χ2n) is 4.48. The van der Waals surface area contributed by atoms with Crippen LogP contribution in [0.25, 0.3) is 0 Å². The Bertz CT molecular complexity index is 599. The normalized spacial score (nSPS) is 10.2. The summed E-state index contributed by atoms with van der Waals surface area (Å²) in [6.45, 7) is 0.662. The molecule has 2 rings (SSSR count). The lowest BCUT2D eigenvalue weighted by molar-refractivity contribution is -0.115. The van der Waals surface area contributed by atoms with Crippen molar-refractivity contribution in [3.05, 3.63) is 59.9 Å². The Labute approximate surface area is 122 Å². The molecule has 0 aliphatic carbocycles. The lowest BCUT2D eigenvalue weighted by atomic mass is 10.2. The highest BCUT2D eigenvalue weighted by atomic mass is 19.1. The maximum Gasteiger partial charge on any atom is 0.238 e. The average molecular weight is 288 g/mol. The smallest absolute Gasteiger partial charge is 0.238 e. The highest BCUT2D eigenvalue weighted by Gasteiger charge is 2.06. The van der Waals surface area contributed by atoms with E-state index in [9.17, 15) is 9.18 Å². The van der Waals surface area contributed by atoms with Crippen LogP contribution in [0.2, 0.25) is 0 Å². The molecule has 0 fully saturated rings. The molecule has 0 saturated carbocycles. The zero-order valence-corrected chi connectivity index (χ0v) is 11.7. The van der Waals surface area contributed by atoms with Gasteiger partial charge in [-0.2, -0.15) is 0 Å². The lowest BCUT2D eigenvalue weighted by Crippen LogP contribution is -2.27. The molecule has 2 aromatic carbocycles. The minimum Gasteiger partial charge on any atom is -0.495 e. The third-order valence-electron chi connectivity index (χ3n) is 2.91. The van der Waals surface area contributed by atoms with Gasteiger partial charge in [0.2, 0.25) is 5.91 Å². The van der Waals surface area contributed by atoms with Gasteiger partial charge in [0.1, 0.15) is 11.6 Å². The van der Waals surface area contributed by atoms with E-state index < -0.39 is 0 Å². The molecule has 2 aromatic rings. The van der Waals surface area contributed by atoms with E-state index in [1.165, 1.54) is 12.1 Å². The monoisotopic (exact) mass is 288 g/mol. The summed E-state index contributed by atoms with van der Waals surface area (Å²) in [5.74, 6) is 0.179. The molecule has 0 aliphatic rings. The molecular weight excluding hydrogens is 271 g/mol. The van der Waals surface area contributed by atoms with E-state index in [-0.39, 0.29) is 18.3 Å². The van der Waals surface area contributed by atoms with Crippen LogP contribution in [-0.2, 0) is 11.3 Å². The molecule has 110 valence electrons. The number of ether oxygens (including phenoxy) is 1. The fourth-order valence-electron chi connectivity index (χ4n) is 1.86. The van der Waals surface area contributed by atoms with Gasteiger partial charge < -0.3 is 15.4 Å². The van der Waals surface area contributed by atoms with Gasteiger partial charge in [0.05, 0.1) is 19.3 Å². The van der Waals surface area contributed by atoms with Crippen molar-refractivity contribution in [1.29, 1.82) is 0 Å². The van der Waals surface area contributed by atoms with Crippen molar-refractivity contribution in [1.82, 2.24) is 5.32 Å². The van der Waals surface area contributed by atoms with Gasteiger partial charge in [0.15, 0.2) is 0 Å². The molecule has 2 N–H and O–H groups in total. The van der Waals surface area contributed by atoms with E-state index in [1.807, 2.05) is 12.1 Å². The summed E-state index contributed by atoms with van der Waals surface area (Å²) in [7, 11) is 1.55. The van der Waals surface area contributed by atoms with E-state index in [2.05, 4.69) is 10.6 Å². The predicted molar refractivity (Wildman–Crippen MR) is 79.7 cm³/mol. The fraction of sp³-hybridized carbons (Fsp3) is 0.188. The van der Waals surface area contributed by atoms with Crippen LogP contribution in [0, 0.1) is 5.82 Å². The van der Waals surface area contributed by atoms with Crippen LogP contribution in [0.5, 0.6) is 5.75 Å². The highest BCUT2D eigenvalue weighted by Crippen LogP contribution is 2.22. The Morgan fingerprint density at radius 3 is 2.57 bits per heavy atom. The van der Waals surface area contributed by atoms with Gasteiger partial charge in [-0.25, -0.2) is 4.39 Å². The fourth-order valence-corrected chi connectivity index (χ4v) is 1.86. The zero-order valence-electron chi connectivity index (χ0n) is 11.7. The number of halogens is 1. The first-order valence-electron chi connectivity index (χ1n) is 6.57. The van der Waals surface area contributed by atoms with Crippen molar-refractivity contribution in [3.8, 4) is 5.75 Å². The molecule has 0 radical (unpaired) electrons. The summed E-state index contributed by atoms with van der Waals surface area (Å²) in [5, 5.41) is 5.77. The minimum absolute atomic E-state index is 0.162. The van der Waals surface area contributed by atoms with E-state index in [0.29, 0.717) is 18.0 Å². The van der Waals surface area contributed by atoms with Gasteiger partial charge in [0, 0.05) is 6.54 Å². The summed E-state index contributed by atoms with van der Waals surface area (Å²) < 4.78 is 17.9. The van der Waals surface area contributed by atoms with Gasteiger partial charge in [-0.1, -0.05) is 24.3 Å². The van der Waals surface area contributed by atoms with E-state index >= 15 is 0 Å². The van der Waals surface area contributed by atoms with E-state index in [1.54, 1.807) is 31.4 Å².